The summed E-state index contributed by atoms with van der Waals surface area (Å²) in [4.78, 5) is 8.95. The van der Waals surface area contributed by atoms with Crippen LogP contribution in [0, 0.1) is 13.8 Å². The molecule has 0 radical (unpaired) electrons. The molecule has 0 aliphatic rings. The third-order valence-electron chi connectivity index (χ3n) is 2.51. The Morgan fingerprint density at radius 2 is 2.00 bits per heavy atom. The maximum atomic E-state index is 4.50. The van der Waals surface area contributed by atoms with E-state index in [0.29, 0.717) is 0 Å². The van der Waals surface area contributed by atoms with Crippen LogP contribution in [0.3, 0.4) is 0 Å². The summed E-state index contributed by atoms with van der Waals surface area (Å²) < 4.78 is 2.10. The largest absolute Gasteiger partial charge is 0.356 e. The third kappa shape index (κ3) is 2.84. The topological polar surface area (TPSA) is 42.7 Å². The fourth-order valence-electron chi connectivity index (χ4n) is 1.83. The number of rotatable bonds is 4. The van der Waals surface area contributed by atoms with Gasteiger partial charge in [-0.3, -0.25) is 4.98 Å². The van der Waals surface area contributed by atoms with Crippen molar-refractivity contribution in [2.45, 2.75) is 27.3 Å². The normalized spacial score (nSPS) is 10.5. The van der Waals surface area contributed by atoms with Crippen LogP contribution in [0.25, 0.3) is 0 Å². The quantitative estimate of drug-likeness (QED) is 0.877. The molecule has 2 aromatic heterocycles. The van der Waals surface area contributed by atoms with Gasteiger partial charge >= 0.3 is 0 Å². The van der Waals surface area contributed by atoms with Gasteiger partial charge in [0.25, 0.3) is 0 Å². The summed E-state index contributed by atoms with van der Waals surface area (Å²) in [6.45, 7) is 7.71. The van der Waals surface area contributed by atoms with Gasteiger partial charge in [0.2, 0.25) is 5.95 Å². The second-order valence-electron chi connectivity index (χ2n) is 4.13. The number of nitrogens with one attached hydrogen (secondary N) is 1. The zero-order valence-corrected chi connectivity index (χ0v) is 10.6. The molecule has 0 aliphatic heterocycles. The molecule has 0 bridgehead atoms. The van der Waals surface area contributed by atoms with Crippen LogP contribution >= 0.6 is 0 Å². The van der Waals surface area contributed by atoms with E-state index in [1.807, 2.05) is 38.2 Å². The van der Waals surface area contributed by atoms with Gasteiger partial charge in [-0.2, -0.15) is 0 Å². The third-order valence-corrected chi connectivity index (χ3v) is 2.51. The summed E-state index contributed by atoms with van der Waals surface area (Å²) >= 11 is 0. The number of hydrogen-bond donors (Lipinski definition) is 1. The minimum atomic E-state index is 0.755. The maximum absolute atomic E-state index is 4.50. The lowest BCUT2D eigenvalue weighted by Crippen LogP contribution is -2.08. The highest BCUT2D eigenvalue weighted by Gasteiger charge is 2.05. The van der Waals surface area contributed by atoms with Crippen molar-refractivity contribution in [2.24, 2.45) is 0 Å². The monoisotopic (exact) mass is 230 g/mol. The van der Waals surface area contributed by atoms with E-state index in [-0.39, 0.29) is 0 Å². The molecule has 4 nitrogen and oxygen atoms in total. The average Bonchev–Trinajstić information content (AvgIpc) is 2.59. The molecule has 2 rings (SSSR count). The van der Waals surface area contributed by atoms with E-state index in [1.54, 1.807) is 0 Å². The Hall–Kier alpha value is -1.84. The van der Waals surface area contributed by atoms with Gasteiger partial charge in [-0.1, -0.05) is 6.07 Å². The fraction of sp³-hybridized carbons (Fsp3) is 0.385. The number of aromatic nitrogens is 3. The molecule has 90 valence electrons. The summed E-state index contributed by atoms with van der Waals surface area (Å²) in [5.74, 6) is 0.910. The van der Waals surface area contributed by atoms with E-state index in [4.69, 9.17) is 0 Å². The van der Waals surface area contributed by atoms with Crippen molar-refractivity contribution in [2.75, 3.05) is 11.9 Å². The Morgan fingerprint density at radius 1 is 1.18 bits per heavy atom. The van der Waals surface area contributed by atoms with Crippen LogP contribution in [0.15, 0.2) is 24.4 Å². The number of aryl methyl sites for hydroxylation is 2. The second-order valence-corrected chi connectivity index (χ2v) is 4.13. The number of anilines is 1. The zero-order valence-electron chi connectivity index (χ0n) is 10.6. The van der Waals surface area contributed by atoms with E-state index in [1.165, 1.54) is 0 Å². The Bertz CT molecular complexity index is 502. The molecule has 2 heterocycles. The molecular formula is C13H18N4. The first-order valence-electron chi connectivity index (χ1n) is 5.89. The highest BCUT2D eigenvalue weighted by molar-refractivity contribution is 5.29. The van der Waals surface area contributed by atoms with Crippen LogP contribution in [-0.4, -0.2) is 21.1 Å². The molecule has 0 saturated carbocycles. The molecule has 17 heavy (non-hydrogen) atoms. The van der Waals surface area contributed by atoms with Crippen molar-refractivity contribution in [1.29, 1.82) is 0 Å². The number of nitrogens with zero attached hydrogens (tertiary/aromatic N) is 3. The molecule has 4 heteroatoms. The Kier molecular flexibility index (Phi) is 3.42. The van der Waals surface area contributed by atoms with Crippen LogP contribution in [0.2, 0.25) is 0 Å². The summed E-state index contributed by atoms with van der Waals surface area (Å²) in [6, 6.07) is 6.08. The minimum absolute atomic E-state index is 0.755. The van der Waals surface area contributed by atoms with E-state index in [0.717, 1.165) is 36.1 Å². The van der Waals surface area contributed by atoms with Gasteiger partial charge in [-0.15, -0.1) is 0 Å². The molecule has 0 spiro atoms. The first-order chi connectivity index (χ1) is 8.19. The molecule has 0 amide bonds. The van der Waals surface area contributed by atoms with Crippen molar-refractivity contribution in [3.63, 3.8) is 0 Å². The SMILES string of the molecule is CCNc1nc(C)cn1Cc1cccc(C)n1. The predicted molar refractivity (Wildman–Crippen MR) is 69.2 cm³/mol. The Morgan fingerprint density at radius 3 is 2.71 bits per heavy atom. The van der Waals surface area contributed by atoms with Gasteiger partial charge in [0.15, 0.2) is 0 Å². The predicted octanol–water partition coefficient (Wildman–Crippen LogP) is 2.38. The molecule has 0 fully saturated rings. The summed E-state index contributed by atoms with van der Waals surface area (Å²) in [7, 11) is 0. The lowest BCUT2D eigenvalue weighted by atomic mass is 10.3. The number of imidazole rings is 1. The lowest BCUT2D eigenvalue weighted by molar-refractivity contribution is 0.772. The van der Waals surface area contributed by atoms with Crippen molar-refractivity contribution < 1.29 is 0 Å². The molecule has 0 aliphatic carbocycles. The highest BCUT2D eigenvalue weighted by Crippen LogP contribution is 2.11. The van der Waals surface area contributed by atoms with Crippen LogP contribution in [0.4, 0.5) is 5.95 Å². The first-order valence-corrected chi connectivity index (χ1v) is 5.89. The van der Waals surface area contributed by atoms with Crippen molar-refractivity contribution >= 4 is 5.95 Å². The van der Waals surface area contributed by atoms with Gasteiger partial charge < -0.3 is 9.88 Å². The van der Waals surface area contributed by atoms with E-state index < -0.39 is 0 Å². The zero-order chi connectivity index (χ0) is 12.3. The Labute approximate surface area is 102 Å². The summed E-state index contributed by atoms with van der Waals surface area (Å²) in [6.07, 6.45) is 2.04. The van der Waals surface area contributed by atoms with Gasteiger partial charge in [0, 0.05) is 18.4 Å². The molecule has 1 N–H and O–H groups in total. The summed E-state index contributed by atoms with van der Waals surface area (Å²) in [5, 5.41) is 3.26. The molecular weight excluding hydrogens is 212 g/mol. The maximum Gasteiger partial charge on any atom is 0.203 e. The fourth-order valence-corrected chi connectivity index (χ4v) is 1.83. The number of hydrogen-bond acceptors (Lipinski definition) is 3. The summed E-state index contributed by atoms with van der Waals surface area (Å²) in [5.41, 5.74) is 3.12. The van der Waals surface area contributed by atoms with E-state index in [9.17, 15) is 0 Å². The smallest absolute Gasteiger partial charge is 0.203 e. The molecule has 2 aromatic rings. The van der Waals surface area contributed by atoms with Crippen LogP contribution in [-0.2, 0) is 6.54 Å². The average molecular weight is 230 g/mol. The highest BCUT2D eigenvalue weighted by atomic mass is 15.2. The molecule has 0 aromatic carbocycles. The number of pyridine rings is 1. The van der Waals surface area contributed by atoms with Crippen LogP contribution < -0.4 is 5.32 Å². The first kappa shape index (κ1) is 11.6. The van der Waals surface area contributed by atoms with Gasteiger partial charge in [0.1, 0.15) is 0 Å². The van der Waals surface area contributed by atoms with E-state index in [2.05, 4.69) is 26.8 Å². The van der Waals surface area contributed by atoms with Gasteiger partial charge in [-0.25, -0.2) is 4.98 Å². The van der Waals surface area contributed by atoms with Crippen molar-refractivity contribution in [1.82, 2.24) is 14.5 Å². The van der Waals surface area contributed by atoms with E-state index >= 15 is 0 Å². The van der Waals surface area contributed by atoms with Gasteiger partial charge in [0.05, 0.1) is 17.9 Å². The molecule has 0 atom stereocenters. The van der Waals surface area contributed by atoms with Crippen LogP contribution in [0.1, 0.15) is 24.0 Å². The van der Waals surface area contributed by atoms with Crippen LogP contribution in [0.5, 0.6) is 0 Å². The standard InChI is InChI=1S/C13H18N4/c1-4-14-13-16-11(3)8-17(13)9-12-7-5-6-10(2)15-12/h5-8H,4,9H2,1-3H3,(H,14,16). The Balaban J connectivity index is 2.23. The lowest BCUT2D eigenvalue weighted by Gasteiger charge is -2.08. The molecule has 0 unspecified atom stereocenters. The molecule has 0 saturated heterocycles. The van der Waals surface area contributed by atoms with Gasteiger partial charge in [-0.05, 0) is 32.9 Å². The van der Waals surface area contributed by atoms with Crippen molar-refractivity contribution in [3.05, 3.63) is 41.5 Å². The van der Waals surface area contributed by atoms with Crippen molar-refractivity contribution in [3.8, 4) is 0 Å². The minimum Gasteiger partial charge on any atom is -0.356 e. The second kappa shape index (κ2) is 4.99.